The third-order valence-electron chi connectivity index (χ3n) is 17.6. The maximum Gasteiger partial charge on any atom is 0.334 e. The van der Waals surface area contributed by atoms with Gasteiger partial charge in [0.1, 0.15) is 97.0 Å². The fraction of sp³-hybridized carbons (Fsp3) is 0.537. The van der Waals surface area contributed by atoms with Gasteiger partial charge in [0.15, 0.2) is 0 Å². The van der Waals surface area contributed by atoms with Crippen LogP contribution in [0.3, 0.4) is 0 Å². The van der Waals surface area contributed by atoms with Crippen molar-refractivity contribution in [2.75, 3.05) is 38.2 Å². The number of carboxylic acid groups (broad SMARTS) is 9. The number of benzene rings is 3. The molecule has 3 aromatic carbocycles. The molecule has 3 heterocycles. The number of H-pyrrole nitrogens is 2. The number of hydrogen-bond donors (Lipinski definition) is 27. The number of para-hydroxylation sites is 1. The number of rotatable bonds is 42. The Hall–Kier alpha value is -11.6. The summed E-state index contributed by atoms with van der Waals surface area (Å²) in [6, 6.07) is 11.9. The van der Waals surface area contributed by atoms with Crippen LogP contribution in [0.25, 0.3) is 10.9 Å². The predicted molar refractivity (Wildman–Crippen MR) is 480 cm³/mol. The largest absolute Gasteiger partial charge is 0.480 e. The van der Waals surface area contributed by atoms with Crippen LogP contribution in [0, 0.1) is 17.8 Å². The summed E-state index contributed by atoms with van der Waals surface area (Å²) in [4.78, 5) is 171. The molecule has 48 heteroatoms. The number of aromatic amines is 2. The van der Waals surface area contributed by atoms with Crippen LogP contribution in [-0.2, 0) is 112 Å². The minimum absolute atomic E-state index is 0.0718. The van der Waals surface area contributed by atoms with Crippen LogP contribution < -0.4 is 96.1 Å². The number of ether oxygens (including phenoxy) is 4. The van der Waals surface area contributed by atoms with E-state index in [0.717, 1.165) is 72.1 Å². The molecule has 0 bridgehead atoms. The van der Waals surface area contributed by atoms with Gasteiger partial charge in [-0.2, -0.15) is 11.8 Å². The second kappa shape index (κ2) is 71.3. The van der Waals surface area contributed by atoms with Crippen molar-refractivity contribution in [3.8, 4) is 5.75 Å². The summed E-state index contributed by atoms with van der Waals surface area (Å²) in [5.41, 5.74) is 84.4. The zero-order chi connectivity index (χ0) is 101. The summed E-state index contributed by atoms with van der Waals surface area (Å²) >= 11 is 1.60. The highest BCUT2D eigenvalue weighted by Gasteiger charge is 2.32. The number of unbranched alkanes of at least 4 members (excludes halogenated alkanes) is 1. The number of hydrogen-bond acceptors (Lipinski definition) is 36. The van der Waals surface area contributed by atoms with Gasteiger partial charge >= 0.3 is 83.6 Å². The SMILES string of the molecule is CC(C)C[C@H](N)C(=O)O.CC(C)[C@H](N)C(=O)Oc1ccc(C[C@H](N)C(=O)O[C@H](C)[C@H](N)C(=O)OC(=O)[C@@H](N)CCC(N)=O)cc1.CC[C@H](C)[C@H](N)C(=O)O.CSCC[C@H](N)C(=O)O.NCC(=O)O.NCCCC[C@H](N)C(=O)O.N[C@@H](COC(=O)[C@@H](N)Cc1c[nH]c2ccccc12)C(=O)O.N[C@@H](Cc1ccccc1)C(=O)O.N[C@@H](Cc1cnc[nH]1)C(=O)O.O=C(O)[C@@H]1CCCN1. The standard InChI is InChI=1S/C23H35N5O8.C14H17N3O4.C9H11NO2.C6H9N3O2.C6H14N2O2.2C6H13NO2.C5H11NO2S.C5H9NO2.C2H5NO2/c1-11(2)18(27)22(32)35-14-6-4-13(5-7-14)10-16(25)21(31)34-12(3)19(28)23(33)36-20(30)15(24)8-9-17(26)29;15-10(14(20)21-7-11(16)13(18)19)5-8-6-17-12-4-2-1-3-9(8)12;10-8(9(11)12)6-7-4-2-1-3-5-7;7-5(6(10)11)1-4-2-8-3-9-4;7-4-2-1-3-5(8)6(9)10;1-4(2)3-5(7)6(8)9;1-3-4(2)5(7)6(8)9;1-9-3-2-4(6)5(7)8;7-5(8)4-2-1-3-6-4;3-1-2(4)5/h4-7,11-12,15-16,18-19H,8-10,24-25,27-28H2,1-3H3,(H2,26,29);1-4,6,10-11,17H,5,7,15-16H2,(H,18,19);1-5,8H,6,10H2,(H,11,12);2-3,5H,1,7H2,(H,8,9)(H,10,11);5H,1-4,7-8H2,(H,9,10);2*4-5H,3,7H2,1-2H3,(H,8,9);4H,2-3,6H2,1H3,(H,7,8);4,6H,1-3H2,(H,7,8);1,3H2,(H,4,5)/t12-,15+,16+,18+,19+;10-,11-;8-;3*5-;4-,5-;2*4-;/m100000000./s1. The number of imidazole rings is 1. The van der Waals surface area contributed by atoms with E-state index in [4.69, 9.17) is 140 Å². The molecule has 2 aromatic heterocycles. The Labute approximate surface area is 756 Å². The summed E-state index contributed by atoms with van der Waals surface area (Å²) in [7, 11) is 0. The first-order valence-electron chi connectivity index (χ1n) is 40.7. The zero-order valence-corrected chi connectivity index (χ0v) is 75.1. The van der Waals surface area contributed by atoms with Gasteiger partial charge in [0, 0.05) is 48.3 Å². The number of aliphatic carboxylic acids is 9. The zero-order valence-electron chi connectivity index (χ0n) is 74.3. The first kappa shape index (κ1) is 125. The van der Waals surface area contributed by atoms with Crippen LogP contribution in [0.2, 0.25) is 0 Å². The van der Waals surface area contributed by atoms with Crippen molar-refractivity contribution in [1.29, 1.82) is 0 Å². The van der Waals surface area contributed by atoms with E-state index in [-0.39, 0.29) is 55.9 Å². The lowest BCUT2D eigenvalue weighted by Crippen LogP contribution is -2.48. The van der Waals surface area contributed by atoms with Crippen molar-refractivity contribution < 1.29 is 137 Å². The first-order chi connectivity index (χ1) is 60.7. The number of carboxylic acids is 9. The van der Waals surface area contributed by atoms with Gasteiger partial charge in [0.05, 0.1) is 12.9 Å². The van der Waals surface area contributed by atoms with Crippen LogP contribution in [0.15, 0.2) is 97.6 Å². The van der Waals surface area contributed by atoms with Crippen LogP contribution >= 0.6 is 11.8 Å². The van der Waals surface area contributed by atoms with E-state index >= 15 is 0 Å². The second-order valence-electron chi connectivity index (χ2n) is 29.6. The minimum atomic E-state index is -1.49. The molecule has 0 aliphatic carbocycles. The number of esters is 5. The van der Waals surface area contributed by atoms with Crippen molar-refractivity contribution in [1.82, 2.24) is 20.3 Å². The average molecular weight is 1870 g/mol. The summed E-state index contributed by atoms with van der Waals surface area (Å²) in [6.07, 6.45) is 12.2. The molecule has 0 saturated carbocycles. The predicted octanol–water partition coefficient (Wildman–Crippen LogP) is -2.22. The van der Waals surface area contributed by atoms with E-state index in [0.29, 0.717) is 50.1 Å². The Bertz CT molecular complexity index is 4130. The lowest BCUT2D eigenvalue weighted by Gasteiger charge is -2.21. The van der Waals surface area contributed by atoms with Crippen molar-refractivity contribution in [2.24, 2.45) is 104 Å². The molecule has 1 fully saturated rings. The number of carbonyl (C=O) groups is 15. The third-order valence-corrected chi connectivity index (χ3v) is 18.2. The molecule has 0 unspecified atom stereocenters. The summed E-state index contributed by atoms with van der Waals surface area (Å²) in [5.74, 6) is -12.1. The van der Waals surface area contributed by atoms with Gasteiger partial charge in [-0.3, -0.25) is 57.5 Å². The van der Waals surface area contributed by atoms with Crippen LogP contribution in [0.5, 0.6) is 5.75 Å². The van der Waals surface area contributed by atoms with E-state index in [1.165, 1.54) is 25.4 Å². The lowest BCUT2D eigenvalue weighted by atomic mass is 10.0. The van der Waals surface area contributed by atoms with Crippen molar-refractivity contribution in [2.45, 2.75) is 223 Å². The number of primary amides is 1. The van der Waals surface area contributed by atoms with E-state index in [1.54, 1.807) is 50.1 Å². The minimum Gasteiger partial charge on any atom is -0.480 e. The molecule has 47 nitrogen and oxygen atoms in total. The van der Waals surface area contributed by atoms with Gasteiger partial charge in [-0.15, -0.1) is 0 Å². The van der Waals surface area contributed by atoms with Crippen LogP contribution in [-0.4, -0.2) is 273 Å². The highest BCUT2D eigenvalue weighted by molar-refractivity contribution is 7.98. The molecular formula is C82H137N19O28S. The number of nitrogens with two attached hydrogens (primary N) is 15. The van der Waals surface area contributed by atoms with Crippen molar-refractivity contribution >= 4 is 112 Å². The Kier molecular flexibility index (Phi) is 68.4. The number of amides is 1. The van der Waals surface area contributed by atoms with Crippen molar-refractivity contribution in [3.05, 3.63) is 120 Å². The molecule has 734 valence electrons. The Balaban J connectivity index is -0.000000724. The van der Waals surface area contributed by atoms with Gasteiger partial charge in [-0.1, -0.05) is 115 Å². The summed E-state index contributed by atoms with van der Waals surface area (Å²) in [5, 5.41) is 78.6. The molecule has 130 heavy (non-hydrogen) atoms. The highest BCUT2D eigenvalue weighted by Crippen LogP contribution is 2.20. The summed E-state index contributed by atoms with van der Waals surface area (Å²) < 4.78 is 19.7. The molecule has 1 aliphatic rings. The Morgan fingerprint density at radius 2 is 1.02 bits per heavy atom. The van der Waals surface area contributed by atoms with Crippen LogP contribution in [0.1, 0.15) is 135 Å². The number of fused-ring (bicyclic) bond motifs is 1. The molecule has 1 saturated heterocycles. The monoisotopic (exact) mass is 1870 g/mol. The Morgan fingerprint density at radius 3 is 1.45 bits per heavy atom. The summed E-state index contributed by atoms with van der Waals surface area (Å²) in [6.45, 7) is 13.4. The number of nitrogens with one attached hydrogen (secondary N) is 3. The smallest absolute Gasteiger partial charge is 0.334 e. The molecule has 15 atom stereocenters. The maximum atomic E-state index is 12.3. The number of thioether (sulfide) groups is 1. The van der Waals surface area contributed by atoms with Gasteiger partial charge < -0.3 is 166 Å². The van der Waals surface area contributed by atoms with Gasteiger partial charge in [0.25, 0.3) is 0 Å². The van der Waals surface area contributed by atoms with Crippen molar-refractivity contribution in [3.63, 3.8) is 0 Å². The van der Waals surface area contributed by atoms with E-state index < -0.39 is 175 Å². The fourth-order valence-corrected chi connectivity index (χ4v) is 9.82. The average Bonchev–Trinajstić information content (AvgIpc) is 1.68. The topological polar surface area (TPSA) is 922 Å². The number of nitrogens with zero attached hydrogens (tertiary/aromatic N) is 1. The normalized spacial score (nSPS) is 14.7. The van der Waals surface area contributed by atoms with Gasteiger partial charge in [0.2, 0.25) is 5.91 Å². The van der Waals surface area contributed by atoms with E-state index in [9.17, 15) is 71.9 Å². The lowest BCUT2D eigenvalue weighted by molar-refractivity contribution is -0.166. The van der Waals surface area contributed by atoms with Gasteiger partial charge in [-0.05, 0) is 142 Å². The quantitative estimate of drug-likeness (QED) is 0.00647. The molecule has 1 amide bonds. The molecule has 0 radical (unpaired) electrons. The fourth-order valence-electron chi connectivity index (χ4n) is 9.33. The first-order valence-corrected chi connectivity index (χ1v) is 42.1. The molecule has 42 N–H and O–H groups in total. The van der Waals surface area contributed by atoms with E-state index in [1.807, 2.05) is 88.5 Å². The number of aromatic nitrogens is 3. The molecule has 1 aliphatic heterocycles. The van der Waals surface area contributed by atoms with Crippen LogP contribution in [0.4, 0.5) is 0 Å². The molecule has 0 spiro atoms. The third kappa shape index (κ3) is 61.0. The molecule has 5 aromatic rings. The maximum absolute atomic E-state index is 12.3. The second-order valence-corrected chi connectivity index (χ2v) is 30.6. The Morgan fingerprint density at radius 1 is 0.515 bits per heavy atom. The molecular weight excluding hydrogens is 1730 g/mol. The number of carbonyl (C=O) groups excluding carboxylic acids is 6. The molecule has 6 rings (SSSR count). The van der Waals surface area contributed by atoms with Gasteiger partial charge in [-0.25, -0.2) is 19.4 Å². The van der Waals surface area contributed by atoms with E-state index in [2.05, 4.69) is 30.7 Å². The highest BCUT2D eigenvalue weighted by atomic mass is 32.2.